The van der Waals surface area contributed by atoms with Gasteiger partial charge in [0.2, 0.25) is 0 Å². The zero-order chi connectivity index (χ0) is 19.1. The summed E-state index contributed by atoms with van der Waals surface area (Å²) in [6.45, 7) is 12.7. The van der Waals surface area contributed by atoms with E-state index in [1.165, 1.54) is 5.52 Å². The van der Waals surface area contributed by atoms with E-state index >= 15 is 0 Å². The Morgan fingerprint density at radius 3 is 2.46 bits per heavy atom. The molecular weight excluding hydrogens is 324 g/mol. The fraction of sp³-hybridized carbons (Fsp3) is 0.524. The largest absolute Gasteiger partial charge is 0.361 e. The van der Waals surface area contributed by atoms with Gasteiger partial charge in [0.1, 0.15) is 11.6 Å². The van der Waals surface area contributed by atoms with Crippen LogP contribution in [0.1, 0.15) is 38.0 Å². The third-order valence-corrected chi connectivity index (χ3v) is 4.61. The first-order valence-electron chi connectivity index (χ1n) is 9.23. The maximum atomic E-state index is 5.34. The molecule has 2 heterocycles. The number of aryl methyl sites for hydroxylation is 2. The molecule has 5 heteroatoms. The number of aromatic nitrogens is 3. The van der Waals surface area contributed by atoms with Crippen molar-refractivity contribution in [3.8, 4) is 11.1 Å². The molecule has 26 heavy (non-hydrogen) atoms. The Morgan fingerprint density at radius 1 is 1.15 bits per heavy atom. The molecule has 0 atom stereocenters. The molecule has 0 amide bonds. The number of fused-ring (bicyclic) bond motifs is 1. The summed E-state index contributed by atoms with van der Waals surface area (Å²) in [5.74, 6) is 2.01. The van der Waals surface area contributed by atoms with Crippen molar-refractivity contribution in [3.63, 3.8) is 0 Å². The highest BCUT2D eigenvalue weighted by Gasteiger charge is 2.19. The molecule has 0 aliphatic heterocycles. The van der Waals surface area contributed by atoms with Gasteiger partial charge in [-0.3, -0.25) is 0 Å². The molecule has 1 aromatic carbocycles. The Hall–Kier alpha value is -2.14. The molecule has 2 aromatic heterocycles. The predicted octanol–water partition coefficient (Wildman–Crippen LogP) is 4.46. The van der Waals surface area contributed by atoms with Gasteiger partial charge in [0.05, 0.1) is 16.7 Å². The molecule has 140 valence electrons. The smallest absolute Gasteiger partial charge is 0.141 e. The fourth-order valence-corrected chi connectivity index (χ4v) is 3.39. The van der Waals surface area contributed by atoms with E-state index < -0.39 is 0 Å². The van der Waals surface area contributed by atoms with Crippen LogP contribution in [0.5, 0.6) is 0 Å². The minimum Gasteiger partial charge on any atom is -0.361 e. The molecule has 0 unspecified atom stereocenters. The summed E-state index contributed by atoms with van der Waals surface area (Å²) in [6.07, 6.45) is 0.954. The van der Waals surface area contributed by atoms with Crippen molar-refractivity contribution in [2.45, 2.75) is 47.6 Å². The van der Waals surface area contributed by atoms with Crippen LogP contribution in [0.2, 0.25) is 0 Å². The second-order valence-electron chi connectivity index (χ2n) is 8.62. The van der Waals surface area contributed by atoms with Gasteiger partial charge in [0, 0.05) is 25.1 Å². The number of imidazole rings is 1. The Labute approximate surface area is 156 Å². The molecule has 3 aromatic rings. The molecule has 0 aliphatic rings. The Kier molecular flexibility index (Phi) is 4.93. The van der Waals surface area contributed by atoms with E-state index in [0.29, 0.717) is 0 Å². The lowest BCUT2D eigenvalue weighted by atomic mass is 9.92. The van der Waals surface area contributed by atoms with E-state index in [4.69, 9.17) is 9.51 Å². The lowest BCUT2D eigenvalue weighted by molar-refractivity contribution is 0.365. The summed E-state index contributed by atoms with van der Waals surface area (Å²) in [7, 11) is 4.22. The normalized spacial score (nSPS) is 12.5. The average Bonchev–Trinajstić information content (AvgIpc) is 3.02. The van der Waals surface area contributed by atoms with Crippen molar-refractivity contribution in [3.05, 3.63) is 35.5 Å². The van der Waals surface area contributed by atoms with Gasteiger partial charge in [0.15, 0.2) is 0 Å². The standard InChI is InChI=1S/C21H30N4O/c1-14-20(15(2)26-23-14)16-8-9-18-17(12-16)22-19(13-21(3,4)5)25(18)11-10-24(6)7/h8-9,12H,10-11,13H2,1-7H3. The molecule has 0 bridgehead atoms. The van der Waals surface area contributed by atoms with Crippen LogP contribution in [-0.4, -0.2) is 40.2 Å². The highest BCUT2D eigenvalue weighted by molar-refractivity contribution is 5.83. The zero-order valence-corrected chi connectivity index (χ0v) is 17.1. The average molecular weight is 354 g/mol. The second kappa shape index (κ2) is 6.88. The third kappa shape index (κ3) is 3.83. The Morgan fingerprint density at radius 2 is 1.88 bits per heavy atom. The first-order valence-corrected chi connectivity index (χ1v) is 9.23. The molecular formula is C21H30N4O. The lowest BCUT2D eigenvalue weighted by Gasteiger charge is -2.19. The van der Waals surface area contributed by atoms with Crippen molar-refractivity contribution in [2.24, 2.45) is 5.41 Å². The maximum Gasteiger partial charge on any atom is 0.141 e. The predicted molar refractivity (Wildman–Crippen MR) is 106 cm³/mol. The van der Waals surface area contributed by atoms with Crippen molar-refractivity contribution in [1.29, 1.82) is 0 Å². The van der Waals surface area contributed by atoms with Gasteiger partial charge < -0.3 is 14.0 Å². The Bertz CT molecular complexity index is 893. The van der Waals surface area contributed by atoms with E-state index in [2.05, 4.69) is 67.7 Å². The van der Waals surface area contributed by atoms with Crippen LogP contribution in [0.3, 0.4) is 0 Å². The SMILES string of the molecule is Cc1noc(C)c1-c1ccc2c(c1)nc(CC(C)(C)C)n2CCN(C)C. The summed E-state index contributed by atoms with van der Waals surface area (Å²) in [4.78, 5) is 7.21. The zero-order valence-electron chi connectivity index (χ0n) is 17.1. The van der Waals surface area contributed by atoms with Crippen LogP contribution in [0.15, 0.2) is 22.7 Å². The number of benzene rings is 1. The van der Waals surface area contributed by atoms with Gasteiger partial charge in [-0.05, 0) is 51.1 Å². The molecule has 0 saturated carbocycles. The van der Waals surface area contributed by atoms with Gasteiger partial charge in [0.25, 0.3) is 0 Å². The highest BCUT2D eigenvalue weighted by Crippen LogP contribution is 2.31. The molecule has 3 rings (SSSR count). The van der Waals surface area contributed by atoms with Gasteiger partial charge in [-0.15, -0.1) is 0 Å². The fourth-order valence-electron chi connectivity index (χ4n) is 3.39. The van der Waals surface area contributed by atoms with Gasteiger partial charge in [-0.1, -0.05) is 32.0 Å². The first kappa shape index (κ1) is 18.6. The number of nitrogens with zero attached hydrogens (tertiary/aromatic N) is 4. The summed E-state index contributed by atoms with van der Waals surface area (Å²) in [5.41, 5.74) is 5.55. The quantitative estimate of drug-likeness (QED) is 0.679. The van der Waals surface area contributed by atoms with Crippen LogP contribution in [0, 0.1) is 19.3 Å². The van der Waals surface area contributed by atoms with E-state index in [1.54, 1.807) is 0 Å². The van der Waals surface area contributed by atoms with E-state index in [9.17, 15) is 0 Å². The van der Waals surface area contributed by atoms with E-state index in [-0.39, 0.29) is 5.41 Å². The van der Waals surface area contributed by atoms with Crippen LogP contribution in [0.4, 0.5) is 0 Å². The first-order chi connectivity index (χ1) is 12.2. The summed E-state index contributed by atoms with van der Waals surface area (Å²) in [6, 6.07) is 6.51. The van der Waals surface area contributed by atoms with Crippen LogP contribution in [-0.2, 0) is 13.0 Å². The van der Waals surface area contributed by atoms with Crippen molar-refractivity contribution in [2.75, 3.05) is 20.6 Å². The molecule has 0 saturated heterocycles. The summed E-state index contributed by atoms with van der Waals surface area (Å²) < 4.78 is 7.71. The number of likely N-dealkylation sites (N-methyl/N-ethyl adjacent to an activating group) is 1. The second-order valence-corrected chi connectivity index (χ2v) is 8.62. The van der Waals surface area contributed by atoms with E-state index in [0.717, 1.165) is 53.4 Å². The molecule has 5 nitrogen and oxygen atoms in total. The minimum absolute atomic E-state index is 0.196. The molecule has 0 aliphatic carbocycles. The van der Waals surface area contributed by atoms with Crippen molar-refractivity contribution >= 4 is 11.0 Å². The summed E-state index contributed by atoms with van der Waals surface area (Å²) in [5, 5.41) is 4.09. The van der Waals surface area contributed by atoms with Crippen LogP contribution in [0.25, 0.3) is 22.2 Å². The topological polar surface area (TPSA) is 47.1 Å². The van der Waals surface area contributed by atoms with Crippen molar-refractivity contribution in [1.82, 2.24) is 19.6 Å². The Balaban J connectivity index is 2.09. The molecule has 0 fully saturated rings. The summed E-state index contributed by atoms with van der Waals surface area (Å²) >= 11 is 0. The maximum absolute atomic E-state index is 5.34. The van der Waals surface area contributed by atoms with Gasteiger partial charge >= 0.3 is 0 Å². The lowest BCUT2D eigenvalue weighted by Crippen LogP contribution is -2.21. The van der Waals surface area contributed by atoms with Crippen LogP contribution >= 0.6 is 0 Å². The monoisotopic (exact) mass is 354 g/mol. The van der Waals surface area contributed by atoms with Crippen molar-refractivity contribution < 1.29 is 4.52 Å². The number of hydrogen-bond acceptors (Lipinski definition) is 4. The van der Waals surface area contributed by atoms with Gasteiger partial charge in [-0.2, -0.15) is 0 Å². The van der Waals surface area contributed by atoms with Gasteiger partial charge in [-0.25, -0.2) is 4.98 Å². The number of hydrogen-bond donors (Lipinski definition) is 0. The highest BCUT2D eigenvalue weighted by atomic mass is 16.5. The third-order valence-electron chi connectivity index (χ3n) is 4.61. The molecule has 0 spiro atoms. The van der Waals surface area contributed by atoms with Crippen LogP contribution < -0.4 is 0 Å². The molecule has 0 radical (unpaired) electrons. The van der Waals surface area contributed by atoms with E-state index in [1.807, 2.05) is 13.8 Å². The minimum atomic E-state index is 0.196. The number of rotatable bonds is 5. The molecule has 0 N–H and O–H groups in total.